The van der Waals surface area contributed by atoms with E-state index in [1.165, 1.54) is 4.90 Å². The topological polar surface area (TPSA) is 116 Å². The molecular formula is C17H20N4O5. The number of ether oxygens (including phenoxy) is 1. The van der Waals surface area contributed by atoms with Gasteiger partial charge in [0, 0.05) is 18.5 Å². The molecule has 0 saturated carbocycles. The maximum absolute atomic E-state index is 11.2. The van der Waals surface area contributed by atoms with Crippen LogP contribution in [0.4, 0.5) is 5.82 Å². The largest absolute Gasteiger partial charge is 0.480 e. The van der Waals surface area contributed by atoms with Crippen LogP contribution in [0.3, 0.4) is 0 Å². The second kappa shape index (κ2) is 8.07. The number of anilines is 1. The van der Waals surface area contributed by atoms with E-state index in [1.807, 2.05) is 12.1 Å². The fourth-order valence-corrected chi connectivity index (χ4v) is 2.91. The van der Waals surface area contributed by atoms with Crippen LogP contribution in [-0.4, -0.2) is 76.4 Å². The van der Waals surface area contributed by atoms with E-state index in [4.69, 9.17) is 14.9 Å². The van der Waals surface area contributed by atoms with E-state index >= 15 is 0 Å². The minimum Gasteiger partial charge on any atom is -0.480 e. The number of benzene rings is 1. The number of rotatable bonds is 7. The molecule has 0 unspecified atom stereocenters. The summed E-state index contributed by atoms with van der Waals surface area (Å²) in [5, 5.41) is 18.9. The number of hydrogen-bond donors (Lipinski definition) is 2. The normalized spacial score (nSPS) is 15.1. The molecule has 9 nitrogen and oxygen atoms in total. The van der Waals surface area contributed by atoms with Crippen molar-refractivity contribution >= 4 is 28.7 Å². The van der Waals surface area contributed by atoms with Crippen molar-refractivity contribution in [1.82, 2.24) is 14.9 Å². The van der Waals surface area contributed by atoms with Crippen molar-refractivity contribution in [3.8, 4) is 0 Å². The Balaban J connectivity index is 1.99. The lowest BCUT2D eigenvalue weighted by atomic mass is 10.2. The molecule has 0 aliphatic carbocycles. The molecule has 0 radical (unpaired) electrons. The first-order chi connectivity index (χ1) is 12.5. The van der Waals surface area contributed by atoms with E-state index < -0.39 is 25.0 Å². The Bertz CT molecular complexity index is 791. The van der Waals surface area contributed by atoms with Crippen molar-refractivity contribution in [2.45, 2.75) is 6.54 Å². The van der Waals surface area contributed by atoms with E-state index in [-0.39, 0.29) is 0 Å². The summed E-state index contributed by atoms with van der Waals surface area (Å²) in [5.74, 6) is -1.39. The second-order valence-corrected chi connectivity index (χ2v) is 6.01. The van der Waals surface area contributed by atoms with Crippen LogP contribution < -0.4 is 4.90 Å². The minimum atomic E-state index is -1.12. The van der Waals surface area contributed by atoms with Gasteiger partial charge in [0.25, 0.3) is 0 Å². The van der Waals surface area contributed by atoms with Crippen LogP contribution >= 0.6 is 0 Å². The average molecular weight is 360 g/mol. The summed E-state index contributed by atoms with van der Waals surface area (Å²) in [5.41, 5.74) is 0.654. The average Bonchev–Trinajstić information content (AvgIpc) is 2.60. The molecule has 3 rings (SSSR count). The second-order valence-electron chi connectivity index (χ2n) is 6.01. The first kappa shape index (κ1) is 18.0. The molecule has 1 aliphatic rings. The van der Waals surface area contributed by atoms with Crippen molar-refractivity contribution in [2.75, 3.05) is 44.3 Å². The van der Waals surface area contributed by atoms with Gasteiger partial charge in [-0.2, -0.15) is 0 Å². The molecule has 1 aliphatic heterocycles. The summed E-state index contributed by atoms with van der Waals surface area (Å²) in [6.45, 7) is 2.40. The predicted molar refractivity (Wildman–Crippen MR) is 93.1 cm³/mol. The molecule has 26 heavy (non-hydrogen) atoms. The number of morpholine rings is 1. The molecule has 0 bridgehead atoms. The Kier molecular flexibility index (Phi) is 5.59. The highest BCUT2D eigenvalue weighted by Gasteiger charge is 2.21. The highest BCUT2D eigenvalue weighted by atomic mass is 16.5. The third kappa shape index (κ3) is 4.44. The third-order valence-electron chi connectivity index (χ3n) is 4.05. The Labute approximate surface area is 149 Å². The number of fused-ring (bicyclic) bond motifs is 1. The van der Waals surface area contributed by atoms with Gasteiger partial charge in [0.1, 0.15) is 24.7 Å². The highest BCUT2D eigenvalue weighted by molar-refractivity contribution is 5.92. The lowest BCUT2D eigenvalue weighted by Crippen LogP contribution is -2.37. The maximum atomic E-state index is 11.2. The molecule has 0 spiro atoms. The molecule has 1 aromatic carbocycles. The molecule has 1 saturated heterocycles. The summed E-state index contributed by atoms with van der Waals surface area (Å²) in [6.07, 6.45) is 0. The van der Waals surface area contributed by atoms with Crippen LogP contribution in [-0.2, 0) is 20.9 Å². The number of aromatic nitrogens is 2. The van der Waals surface area contributed by atoms with Crippen molar-refractivity contribution < 1.29 is 24.5 Å². The van der Waals surface area contributed by atoms with Gasteiger partial charge in [-0.25, -0.2) is 9.97 Å². The number of carbonyl (C=O) groups is 2. The van der Waals surface area contributed by atoms with Gasteiger partial charge in [0.15, 0.2) is 0 Å². The number of nitrogens with zero attached hydrogens (tertiary/aromatic N) is 4. The van der Waals surface area contributed by atoms with Gasteiger partial charge in [-0.15, -0.1) is 0 Å². The lowest BCUT2D eigenvalue weighted by molar-refractivity contribution is -0.136. The molecule has 2 aromatic rings. The van der Waals surface area contributed by atoms with Crippen molar-refractivity contribution in [3.63, 3.8) is 0 Å². The molecule has 138 valence electrons. The molecule has 2 N–H and O–H groups in total. The summed E-state index contributed by atoms with van der Waals surface area (Å²) in [4.78, 5) is 34.9. The minimum absolute atomic E-state index is 0.323. The van der Waals surface area contributed by atoms with Gasteiger partial charge in [0.05, 0.1) is 25.3 Å². The van der Waals surface area contributed by atoms with Crippen LogP contribution in [0.15, 0.2) is 24.3 Å². The molecule has 0 amide bonds. The number of aliphatic carboxylic acids is 2. The summed E-state index contributed by atoms with van der Waals surface area (Å²) in [7, 11) is 0. The van der Waals surface area contributed by atoms with Gasteiger partial charge < -0.3 is 19.8 Å². The van der Waals surface area contributed by atoms with Crippen LogP contribution in [0.25, 0.3) is 10.9 Å². The first-order valence-corrected chi connectivity index (χ1v) is 8.27. The fourth-order valence-electron chi connectivity index (χ4n) is 2.91. The molecule has 0 atom stereocenters. The van der Waals surface area contributed by atoms with Crippen molar-refractivity contribution in [1.29, 1.82) is 0 Å². The Morgan fingerprint density at radius 1 is 1.08 bits per heavy atom. The number of para-hydroxylation sites is 1. The molecular weight excluding hydrogens is 340 g/mol. The SMILES string of the molecule is O=C(O)CN(CC(=O)O)c1nc(CN2CCOCC2)nc2ccccc12. The Morgan fingerprint density at radius 3 is 2.38 bits per heavy atom. The summed E-state index contributed by atoms with van der Waals surface area (Å²) in [6, 6.07) is 7.19. The van der Waals surface area contributed by atoms with Crippen LogP contribution in [0, 0.1) is 0 Å². The predicted octanol–water partition coefficient (Wildman–Crippen LogP) is 0.438. The first-order valence-electron chi connectivity index (χ1n) is 8.27. The summed E-state index contributed by atoms with van der Waals surface area (Å²) < 4.78 is 5.34. The van der Waals surface area contributed by atoms with Crippen LogP contribution in [0.5, 0.6) is 0 Å². The van der Waals surface area contributed by atoms with Gasteiger partial charge in [0.2, 0.25) is 0 Å². The van der Waals surface area contributed by atoms with Crippen LogP contribution in [0.2, 0.25) is 0 Å². The molecule has 9 heteroatoms. The van der Waals surface area contributed by atoms with Gasteiger partial charge in [-0.05, 0) is 12.1 Å². The standard InChI is InChI=1S/C17H20N4O5/c22-15(23)10-21(11-16(24)25)17-12-3-1-2-4-13(12)18-14(19-17)9-20-5-7-26-8-6-20/h1-4H,5-11H2,(H,22,23)(H,24,25). The molecule has 1 aromatic heterocycles. The maximum Gasteiger partial charge on any atom is 0.323 e. The quantitative estimate of drug-likeness (QED) is 0.725. The fraction of sp³-hybridized carbons (Fsp3) is 0.412. The number of hydrogen-bond acceptors (Lipinski definition) is 7. The monoisotopic (exact) mass is 360 g/mol. The van der Waals surface area contributed by atoms with Gasteiger partial charge >= 0.3 is 11.9 Å². The summed E-state index contributed by atoms with van der Waals surface area (Å²) >= 11 is 0. The van der Waals surface area contributed by atoms with E-state index in [0.29, 0.717) is 42.3 Å². The van der Waals surface area contributed by atoms with E-state index in [0.717, 1.165) is 13.1 Å². The van der Waals surface area contributed by atoms with E-state index in [1.54, 1.807) is 12.1 Å². The molecule has 2 heterocycles. The zero-order valence-electron chi connectivity index (χ0n) is 14.2. The highest BCUT2D eigenvalue weighted by Crippen LogP contribution is 2.24. The van der Waals surface area contributed by atoms with E-state index in [9.17, 15) is 9.59 Å². The van der Waals surface area contributed by atoms with Gasteiger partial charge in [-0.1, -0.05) is 12.1 Å². The zero-order valence-corrected chi connectivity index (χ0v) is 14.2. The lowest BCUT2D eigenvalue weighted by Gasteiger charge is -2.27. The smallest absolute Gasteiger partial charge is 0.323 e. The van der Waals surface area contributed by atoms with Crippen molar-refractivity contribution in [2.24, 2.45) is 0 Å². The number of carboxylic acids is 2. The van der Waals surface area contributed by atoms with E-state index in [2.05, 4.69) is 14.9 Å². The Morgan fingerprint density at radius 2 is 1.73 bits per heavy atom. The van der Waals surface area contributed by atoms with Gasteiger partial charge in [-0.3, -0.25) is 14.5 Å². The molecule has 1 fully saturated rings. The van der Waals surface area contributed by atoms with Crippen LogP contribution in [0.1, 0.15) is 5.82 Å². The Hall–Kier alpha value is -2.78. The zero-order chi connectivity index (χ0) is 18.5. The third-order valence-corrected chi connectivity index (χ3v) is 4.05. The van der Waals surface area contributed by atoms with Crippen molar-refractivity contribution in [3.05, 3.63) is 30.1 Å². The number of carboxylic acid groups (broad SMARTS) is 2.